The zero-order valence-electron chi connectivity index (χ0n) is 16.8. The molecule has 0 fully saturated rings. The number of hydrazine groups is 1. The largest absolute Gasteiger partial charge is 0.497 e. The summed E-state index contributed by atoms with van der Waals surface area (Å²) in [4.78, 5) is 24.1. The molecule has 2 N–H and O–H groups in total. The molecule has 1 unspecified atom stereocenters. The third-order valence-electron chi connectivity index (χ3n) is 4.27. The highest BCUT2D eigenvalue weighted by atomic mass is 16.5. The van der Waals surface area contributed by atoms with E-state index in [1.54, 1.807) is 38.3 Å². The number of hydrogen-bond donors (Lipinski definition) is 2. The van der Waals surface area contributed by atoms with Gasteiger partial charge in [-0.1, -0.05) is 38.1 Å². The van der Waals surface area contributed by atoms with Crippen molar-refractivity contribution in [1.29, 1.82) is 0 Å². The van der Waals surface area contributed by atoms with Crippen LogP contribution in [0.2, 0.25) is 0 Å². The first kappa shape index (κ1) is 21.3. The van der Waals surface area contributed by atoms with Crippen molar-refractivity contribution in [3.8, 4) is 11.5 Å². The van der Waals surface area contributed by atoms with E-state index < -0.39 is 5.91 Å². The topological polar surface area (TPSA) is 76.7 Å². The van der Waals surface area contributed by atoms with Gasteiger partial charge in [0.2, 0.25) is 5.91 Å². The average Bonchev–Trinajstić information content (AvgIpc) is 2.70. The van der Waals surface area contributed by atoms with E-state index in [1.807, 2.05) is 24.3 Å². The van der Waals surface area contributed by atoms with Crippen LogP contribution in [0.5, 0.6) is 11.5 Å². The SMILES string of the molecule is COc1ccc(OCC(=O)NNC(=O)C(C)c2ccc(CC(C)C)cc2)cc1. The van der Waals surface area contributed by atoms with Gasteiger partial charge in [0.05, 0.1) is 13.0 Å². The number of carbonyl (C=O) groups excluding carboxylic acids is 2. The lowest BCUT2D eigenvalue weighted by atomic mass is 9.96. The third kappa shape index (κ3) is 6.61. The summed E-state index contributed by atoms with van der Waals surface area (Å²) in [6.07, 6.45) is 1.01. The fourth-order valence-corrected chi connectivity index (χ4v) is 2.66. The molecule has 0 heterocycles. The maximum absolute atomic E-state index is 12.3. The number of rotatable bonds is 8. The first-order valence-electron chi connectivity index (χ1n) is 9.33. The Hall–Kier alpha value is -3.02. The Labute approximate surface area is 166 Å². The zero-order valence-corrected chi connectivity index (χ0v) is 16.8. The van der Waals surface area contributed by atoms with Crippen molar-refractivity contribution in [2.45, 2.75) is 33.1 Å². The number of nitrogens with one attached hydrogen (secondary N) is 2. The first-order chi connectivity index (χ1) is 13.4. The maximum Gasteiger partial charge on any atom is 0.276 e. The first-order valence-corrected chi connectivity index (χ1v) is 9.33. The van der Waals surface area contributed by atoms with Crippen molar-refractivity contribution in [3.05, 3.63) is 59.7 Å². The molecule has 1 atom stereocenters. The summed E-state index contributed by atoms with van der Waals surface area (Å²) in [6.45, 7) is 5.94. The molecule has 2 aromatic carbocycles. The summed E-state index contributed by atoms with van der Waals surface area (Å²) in [5.74, 6) is 0.725. The molecule has 0 saturated carbocycles. The molecule has 28 heavy (non-hydrogen) atoms. The normalized spacial score (nSPS) is 11.6. The van der Waals surface area contributed by atoms with E-state index in [1.165, 1.54) is 5.56 Å². The Balaban J connectivity index is 1.77. The minimum absolute atomic E-state index is 0.203. The highest BCUT2D eigenvalue weighted by Gasteiger charge is 2.16. The molecule has 0 radical (unpaired) electrons. The third-order valence-corrected chi connectivity index (χ3v) is 4.27. The quantitative estimate of drug-likeness (QED) is 0.685. The van der Waals surface area contributed by atoms with E-state index in [0.29, 0.717) is 17.4 Å². The second kappa shape index (κ2) is 10.3. The summed E-state index contributed by atoms with van der Waals surface area (Å²) < 4.78 is 10.4. The second-order valence-corrected chi connectivity index (χ2v) is 7.06. The lowest BCUT2D eigenvalue weighted by molar-refractivity contribution is -0.130. The van der Waals surface area contributed by atoms with Crippen molar-refractivity contribution >= 4 is 11.8 Å². The Morgan fingerprint density at radius 1 is 0.893 bits per heavy atom. The van der Waals surface area contributed by atoms with Crippen LogP contribution in [0.4, 0.5) is 0 Å². The van der Waals surface area contributed by atoms with E-state index in [4.69, 9.17) is 9.47 Å². The van der Waals surface area contributed by atoms with Gasteiger partial charge in [0.15, 0.2) is 6.61 Å². The Morgan fingerprint density at radius 2 is 1.50 bits per heavy atom. The average molecular weight is 384 g/mol. The van der Waals surface area contributed by atoms with Gasteiger partial charge in [0, 0.05) is 0 Å². The van der Waals surface area contributed by atoms with Crippen molar-refractivity contribution < 1.29 is 19.1 Å². The predicted octanol–water partition coefficient (Wildman–Crippen LogP) is 3.22. The number of benzene rings is 2. The fraction of sp³-hybridized carbons (Fsp3) is 0.364. The minimum atomic E-state index is -0.441. The fourth-order valence-electron chi connectivity index (χ4n) is 2.66. The van der Waals surface area contributed by atoms with E-state index in [-0.39, 0.29) is 18.4 Å². The predicted molar refractivity (Wildman–Crippen MR) is 108 cm³/mol. The molecular formula is C22H28N2O4. The molecule has 6 nitrogen and oxygen atoms in total. The number of hydrogen-bond acceptors (Lipinski definition) is 4. The van der Waals surface area contributed by atoms with Crippen LogP contribution < -0.4 is 20.3 Å². The van der Waals surface area contributed by atoms with Crippen LogP contribution >= 0.6 is 0 Å². The standard InChI is InChI=1S/C22H28N2O4/c1-15(2)13-17-5-7-18(8-6-17)16(3)22(26)24-23-21(25)14-28-20-11-9-19(27-4)10-12-20/h5-12,15-16H,13-14H2,1-4H3,(H,23,25)(H,24,26). The minimum Gasteiger partial charge on any atom is -0.497 e. The van der Waals surface area contributed by atoms with Gasteiger partial charge in [-0.25, -0.2) is 0 Å². The highest BCUT2D eigenvalue weighted by molar-refractivity contribution is 5.86. The van der Waals surface area contributed by atoms with Crippen molar-refractivity contribution in [2.75, 3.05) is 13.7 Å². The highest BCUT2D eigenvalue weighted by Crippen LogP contribution is 2.18. The molecule has 2 rings (SSSR count). The molecule has 0 spiro atoms. The Bertz CT molecular complexity index is 770. The number of methoxy groups -OCH3 is 1. The molecule has 0 bridgehead atoms. The zero-order chi connectivity index (χ0) is 20.5. The summed E-state index contributed by atoms with van der Waals surface area (Å²) in [6, 6.07) is 14.9. The van der Waals surface area contributed by atoms with Gasteiger partial charge in [0.25, 0.3) is 5.91 Å². The van der Waals surface area contributed by atoms with Crippen LogP contribution in [0.25, 0.3) is 0 Å². The molecule has 0 aliphatic heterocycles. The van der Waals surface area contributed by atoms with E-state index in [2.05, 4.69) is 24.7 Å². The van der Waals surface area contributed by atoms with Gasteiger partial charge in [-0.05, 0) is 54.7 Å². The summed E-state index contributed by atoms with van der Waals surface area (Å²) in [5.41, 5.74) is 6.96. The lowest BCUT2D eigenvalue weighted by Crippen LogP contribution is -2.45. The van der Waals surface area contributed by atoms with E-state index in [9.17, 15) is 9.59 Å². The van der Waals surface area contributed by atoms with Gasteiger partial charge in [-0.3, -0.25) is 20.4 Å². The van der Waals surface area contributed by atoms with Crippen LogP contribution in [0.3, 0.4) is 0 Å². The maximum atomic E-state index is 12.3. The van der Waals surface area contributed by atoms with Crippen LogP contribution in [-0.4, -0.2) is 25.5 Å². The molecule has 2 aromatic rings. The van der Waals surface area contributed by atoms with Crippen LogP contribution in [-0.2, 0) is 16.0 Å². The molecule has 0 aromatic heterocycles. The van der Waals surface area contributed by atoms with E-state index >= 15 is 0 Å². The molecule has 0 aliphatic rings. The molecule has 0 aliphatic carbocycles. The van der Waals surface area contributed by atoms with Crippen LogP contribution in [0.1, 0.15) is 37.8 Å². The number of amides is 2. The Morgan fingerprint density at radius 3 is 2.07 bits per heavy atom. The number of carbonyl (C=O) groups is 2. The molecule has 2 amide bonds. The lowest BCUT2D eigenvalue weighted by Gasteiger charge is -2.14. The van der Waals surface area contributed by atoms with Crippen molar-refractivity contribution in [1.82, 2.24) is 10.9 Å². The van der Waals surface area contributed by atoms with Gasteiger partial charge in [-0.2, -0.15) is 0 Å². The summed E-state index contributed by atoms with van der Waals surface area (Å²) in [7, 11) is 1.58. The molecular weight excluding hydrogens is 356 g/mol. The van der Waals surface area contributed by atoms with Gasteiger partial charge < -0.3 is 9.47 Å². The second-order valence-electron chi connectivity index (χ2n) is 7.06. The monoisotopic (exact) mass is 384 g/mol. The van der Waals surface area contributed by atoms with Gasteiger partial charge >= 0.3 is 0 Å². The Kier molecular flexibility index (Phi) is 7.87. The van der Waals surface area contributed by atoms with Crippen LogP contribution in [0, 0.1) is 5.92 Å². The molecule has 150 valence electrons. The smallest absolute Gasteiger partial charge is 0.276 e. The van der Waals surface area contributed by atoms with Crippen molar-refractivity contribution in [2.24, 2.45) is 5.92 Å². The van der Waals surface area contributed by atoms with Gasteiger partial charge in [-0.15, -0.1) is 0 Å². The van der Waals surface area contributed by atoms with Crippen molar-refractivity contribution in [3.63, 3.8) is 0 Å². The summed E-state index contributed by atoms with van der Waals surface area (Å²) >= 11 is 0. The molecule has 0 saturated heterocycles. The van der Waals surface area contributed by atoms with Crippen LogP contribution in [0.15, 0.2) is 48.5 Å². The number of ether oxygens (including phenoxy) is 2. The molecule has 6 heteroatoms. The summed E-state index contributed by atoms with van der Waals surface area (Å²) in [5, 5.41) is 0. The van der Waals surface area contributed by atoms with E-state index in [0.717, 1.165) is 12.0 Å². The van der Waals surface area contributed by atoms with Gasteiger partial charge in [0.1, 0.15) is 11.5 Å².